The third kappa shape index (κ3) is 1.70. The van der Waals surface area contributed by atoms with Crippen molar-refractivity contribution in [3.05, 3.63) is 22.3 Å². The van der Waals surface area contributed by atoms with Gasteiger partial charge in [0.25, 0.3) is 0 Å². The van der Waals surface area contributed by atoms with Crippen LogP contribution in [-0.2, 0) is 0 Å². The average molecular weight is 296 g/mol. The van der Waals surface area contributed by atoms with Gasteiger partial charge in [-0.2, -0.15) is 0 Å². The molecule has 1 unspecified atom stereocenters. The Morgan fingerprint density at radius 3 is 2.00 bits per heavy atom. The van der Waals surface area contributed by atoms with Crippen LogP contribution in [0.25, 0.3) is 0 Å². The molecule has 0 nitrogen and oxygen atoms in total. The minimum absolute atomic E-state index is 0.621. The highest BCUT2D eigenvalue weighted by molar-refractivity contribution is 5.38. The van der Waals surface area contributed by atoms with E-state index in [4.69, 9.17) is 0 Å². The minimum atomic E-state index is 0.621. The molecule has 0 aliphatic heterocycles. The molecule has 7 aliphatic carbocycles. The zero-order valence-corrected chi connectivity index (χ0v) is 14.6. The van der Waals surface area contributed by atoms with E-state index in [1.807, 2.05) is 16.7 Å². The Bertz CT molecular complexity index is 543. The molecule has 1 spiro atoms. The lowest BCUT2D eigenvalue weighted by Gasteiger charge is -2.59. The third-order valence-electron chi connectivity index (χ3n) is 8.46. The van der Waals surface area contributed by atoms with Crippen LogP contribution in [0.1, 0.15) is 84.5 Å². The van der Waals surface area contributed by atoms with Gasteiger partial charge in [0.15, 0.2) is 0 Å². The Morgan fingerprint density at radius 1 is 0.773 bits per heavy atom. The van der Waals surface area contributed by atoms with Crippen molar-refractivity contribution in [3.8, 4) is 0 Å². The van der Waals surface area contributed by atoms with E-state index in [1.54, 1.807) is 5.57 Å². The van der Waals surface area contributed by atoms with E-state index in [0.717, 1.165) is 23.7 Å². The summed E-state index contributed by atoms with van der Waals surface area (Å²) in [7, 11) is 0. The lowest BCUT2D eigenvalue weighted by atomic mass is 9.46. The second kappa shape index (κ2) is 4.74. The first-order chi connectivity index (χ1) is 10.7. The lowest BCUT2D eigenvalue weighted by molar-refractivity contribution is 0.0450. The second-order valence-electron chi connectivity index (χ2n) is 9.39. The molecule has 120 valence electrons. The van der Waals surface area contributed by atoms with E-state index < -0.39 is 0 Å². The summed E-state index contributed by atoms with van der Waals surface area (Å²) in [5, 5.41) is 0. The van der Waals surface area contributed by atoms with Crippen LogP contribution in [-0.4, -0.2) is 0 Å². The van der Waals surface area contributed by atoms with Crippen molar-refractivity contribution in [2.75, 3.05) is 0 Å². The van der Waals surface area contributed by atoms with Crippen LogP contribution >= 0.6 is 0 Å². The van der Waals surface area contributed by atoms with Gasteiger partial charge in [-0.15, -0.1) is 0 Å². The van der Waals surface area contributed by atoms with Crippen LogP contribution in [0.4, 0.5) is 0 Å². The van der Waals surface area contributed by atoms with E-state index in [2.05, 4.69) is 13.8 Å². The molecule has 4 saturated carbocycles. The summed E-state index contributed by atoms with van der Waals surface area (Å²) in [6.07, 6.45) is 16.7. The Morgan fingerprint density at radius 2 is 1.36 bits per heavy atom. The van der Waals surface area contributed by atoms with Crippen LogP contribution in [0, 0.1) is 29.1 Å². The van der Waals surface area contributed by atoms with Crippen LogP contribution in [0.5, 0.6) is 0 Å². The molecule has 0 heterocycles. The Hall–Kier alpha value is -0.520. The molecule has 0 aromatic heterocycles. The van der Waals surface area contributed by atoms with Gasteiger partial charge in [-0.05, 0) is 114 Å². The largest absolute Gasteiger partial charge is 0.0764 e. The first-order valence-corrected chi connectivity index (χ1v) is 10.1. The molecule has 0 saturated heterocycles. The van der Waals surface area contributed by atoms with Gasteiger partial charge in [0, 0.05) is 0 Å². The molecule has 0 aromatic rings. The summed E-state index contributed by atoms with van der Waals surface area (Å²) in [6, 6.07) is 0. The quantitative estimate of drug-likeness (QED) is 0.452. The molecule has 22 heavy (non-hydrogen) atoms. The summed E-state index contributed by atoms with van der Waals surface area (Å²) in [4.78, 5) is 0. The average Bonchev–Trinajstić information content (AvgIpc) is 2.56. The van der Waals surface area contributed by atoms with Gasteiger partial charge in [-0.1, -0.05) is 22.3 Å². The maximum atomic E-state index is 2.43. The molecule has 1 atom stereocenters. The van der Waals surface area contributed by atoms with Crippen LogP contribution in [0.2, 0.25) is 0 Å². The topological polar surface area (TPSA) is 0 Å². The molecule has 4 bridgehead atoms. The molecule has 0 N–H and O–H groups in total. The van der Waals surface area contributed by atoms with Gasteiger partial charge >= 0.3 is 0 Å². The Balaban J connectivity index is 1.59. The van der Waals surface area contributed by atoms with Crippen LogP contribution in [0.15, 0.2) is 22.3 Å². The minimum Gasteiger partial charge on any atom is -0.0764 e. The number of allylic oxidation sites excluding steroid dienone is 4. The number of hydrogen-bond donors (Lipinski definition) is 0. The normalized spacial score (nSPS) is 46.4. The van der Waals surface area contributed by atoms with E-state index in [0.29, 0.717) is 5.41 Å². The molecule has 7 rings (SSSR count). The van der Waals surface area contributed by atoms with E-state index >= 15 is 0 Å². The fourth-order valence-electron chi connectivity index (χ4n) is 7.77. The number of rotatable bonds is 0. The smallest absolute Gasteiger partial charge is 0.00143 e. The summed E-state index contributed by atoms with van der Waals surface area (Å²) in [5.74, 6) is 3.99. The first-order valence-electron chi connectivity index (χ1n) is 10.1. The van der Waals surface area contributed by atoms with Gasteiger partial charge in [0.05, 0.1) is 0 Å². The summed E-state index contributed by atoms with van der Waals surface area (Å²) >= 11 is 0. The van der Waals surface area contributed by atoms with Crippen molar-refractivity contribution in [1.29, 1.82) is 0 Å². The van der Waals surface area contributed by atoms with Gasteiger partial charge in [-0.25, -0.2) is 0 Å². The van der Waals surface area contributed by atoms with E-state index in [1.165, 1.54) is 70.6 Å². The van der Waals surface area contributed by atoms with E-state index in [-0.39, 0.29) is 0 Å². The molecule has 0 heteroatoms. The Kier molecular flexibility index (Phi) is 2.99. The van der Waals surface area contributed by atoms with E-state index in [9.17, 15) is 0 Å². The maximum absolute atomic E-state index is 2.43. The highest BCUT2D eigenvalue weighted by Gasteiger charge is 2.54. The molecule has 0 aromatic carbocycles. The molecule has 0 amide bonds. The zero-order chi connectivity index (χ0) is 14.9. The van der Waals surface area contributed by atoms with Gasteiger partial charge < -0.3 is 0 Å². The second-order valence-corrected chi connectivity index (χ2v) is 9.39. The van der Waals surface area contributed by atoms with Crippen LogP contribution in [0.3, 0.4) is 0 Å². The SMILES string of the molecule is CC(C)=C1C2CCC(CC2)C12CCC1=C(C2)C2CCC1CC2. The summed E-state index contributed by atoms with van der Waals surface area (Å²) < 4.78 is 0. The fourth-order valence-corrected chi connectivity index (χ4v) is 7.77. The molecular formula is C22H32. The fraction of sp³-hybridized carbons (Fsp3) is 0.818. The van der Waals surface area contributed by atoms with Crippen molar-refractivity contribution in [3.63, 3.8) is 0 Å². The van der Waals surface area contributed by atoms with Crippen molar-refractivity contribution < 1.29 is 0 Å². The third-order valence-corrected chi connectivity index (χ3v) is 8.46. The maximum Gasteiger partial charge on any atom is -0.00143 e. The van der Waals surface area contributed by atoms with Crippen molar-refractivity contribution in [1.82, 2.24) is 0 Å². The highest BCUT2D eigenvalue weighted by Crippen LogP contribution is 2.66. The van der Waals surface area contributed by atoms with Crippen molar-refractivity contribution in [2.45, 2.75) is 84.5 Å². The molecule has 0 radical (unpaired) electrons. The predicted molar refractivity (Wildman–Crippen MR) is 92.6 cm³/mol. The zero-order valence-electron chi connectivity index (χ0n) is 14.6. The monoisotopic (exact) mass is 296 g/mol. The van der Waals surface area contributed by atoms with Gasteiger partial charge in [0.1, 0.15) is 0 Å². The highest BCUT2D eigenvalue weighted by atomic mass is 14.6. The number of fused-ring (bicyclic) bond motifs is 4. The van der Waals surface area contributed by atoms with Crippen LogP contribution < -0.4 is 0 Å². The molecule has 7 aliphatic rings. The van der Waals surface area contributed by atoms with Crippen molar-refractivity contribution >= 4 is 0 Å². The Labute approximate surface area is 136 Å². The standard InChI is InChI=1S/C22H32/c1-14(2)21-17-7-9-18(10-8-17)22(21)12-11-19-15-3-5-16(6-4-15)20(19)13-22/h15-18H,3-13H2,1-2H3. The first kappa shape index (κ1) is 13.9. The summed E-state index contributed by atoms with van der Waals surface area (Å²) in [6.45, 7) is 4.85. The lowest BCUT2D eigenvalue weighted by Crippen LogP contribution is -2.48. The molecular weight excluding hydrogens is 264 g/mol. The molecule has 4 fully saturated rings. The van der Waals surface area contributed by atoms with Gasteiger partial charge in [0.2, 0.25) is 0 Å². The van der Waals surface area contributed by atoms with Gasteiger partial charge in [-0.3, -0.25) is 0 Å². The van der Waals surface area contributed by atoms with Crippen molar-refractivity contribution in [2.24, 2.45) is 29.1 Å². The number of hydrogen-bond acceptors (Lipinski definition) is 0. The summed E-state index contributed by atoms with van der Waals surface area (Å²) in [5.41, 5.74) is 8.25. The predicted octanol–water partition coefficient (Wildman–Crippen LogP) is 6.43.